The van der Waals surface area contributed by atoms with E-state index in [4.69, 9.17) is 0 Å². The van der Waals surface area contributed by atoms with E-state index in [1.807, 2.05) is 46.8 Å². The number of rotatable bonds is 2. The highest BCUT2D eigenvalue weighted by Gasteiger charge is 2.26. The zero-order valence-corrected chi connectivity index (χ0v) is 13.1. The van der Waals surface area contributed by atoms with Gasteiger partial charge in [0.05, 0.1) is 5.69 Å². The minimum Gasteiger partial charge on any atom is -0.591 e. The van der Waals surface area contributed by atoms with E-state index >= 15 is 0 Å². The molecule has 3 nitrogen and oxygen atoms in total. The summed E-state index contributed by atoms with van der Waals surface area (Å²) in [4.78, 5) is 4.32. The van der Waals surface area contributed by atoms with Crippen molar-refractivity contribution < 1.29 is 4.55 Å². The Morgan fingerprint density at radius 2 is 2.00 bits per heavy atom. The van der Waals surface area contributed by atoms with Gasteiger partial charge in [0.25, 0.3) is 0 Å². The van der Waals surface area contributed by atoms with E-state index in [1.54, 1.807) is 0 Å². The summed E-state index contributed by atoms with van der Waals surface area (Å²) in [6, 6.07) is 3.86. The Hall–Kier alpha value is -0.390. The molecule has 0 aliphatic carbocycles. The van der Waals surface area contributed by atoms with Gasteiger partial charge in [0, 0.05) is 0 Å². The van der Waals surface area contributed by atoms with E-state index in [0.717, 1.165) is 15.9 Å². The average Bonchev–Trinajstić information content (AvgIpc) is 2.14. The number of aromatic nitrogens is 1. The first-order chi connectivity index (χ1) is 7.70. The van der Waals surface area contributed by atoms with E-state index in [-0.39, 0.29) is 4.75 Å². The standard InChI is InChI=1S/C12H17BrN2OS/c1-8-6-10(14-11(13)7-8)9(2)15-17(16)12(3,4)5/h6-7H,1-5H3. The second-order valence-electron chi connectivity index (χ2n) is 4.89. The average molecular weight is 317 g/mol. The van der Waals surface area contributed by atoms with Crippen LogP contribution in [0.15, 0.2) is 21.1 Å². The largest absolute Gasteiger partial charge is 0.591 e. The van der Waals surface area contributed by atoms with Crippen molar-refractivity contribution in [3.05, 3.63) is 28.0 Å². The Labute approximate surface area is 114 Å². The molecule has 0 fully saturated rings. The quantitative estimate of drug-likeness (QED) is 0.477. The van der Waals surface area contributed by atoms with Crippen molar-refractivity contribution in [3.8, 4) is 0 Å². The second kappa shape index (κ2) is 5.50. The Balaban J connectivity index is 3.04. The number of pyridine rings is 1. The van der Waals surface area contributed by atoms with Crippen LogP contribution in [-0.4, -0.2) is 20.0 Å². The first kappa shape index (κ1) is 14.7. The molecule has 17 heavy (non-hydrogen) atoms. The molecule has 0 saturated carbocycles. The molecule has 1 atom stereocenters. The van der Waals surface area contributed by atoms with Gasteiger partial charge in [-0.05, 0) is 68.2 Å². The van der Waals surface area contributed by atoms with Gasteiger partial charge < -0.3 is 4.55 Å². The molecule has 0 N–H and O–H groups in total. The van der Waals surface area contributed by atoms with Crippen LogP contribution in [0, 0.1) is 6.92 Å². The Morgan fingerprint density at radius 3 is 2.47 bits per heavy atom. The smallest absolute Gasteiger partial charge is 0.144 e. The van der Waals surface area contributed by atoms with Crippen molar-refractivity contribution in [1.29, 1.82) is 0 Å². The van der Waals surface area contributed by atoms with Gasteiger partial charge in [-0.3, -0.25) is 0 Å². The molecule has 0 aromatic carbocycles. The molecule has 0 amide bonds. The molecule has 0 spiro atoms. The fourth-order valence-electron chi connectivity index (χ4n) is 1.12. The zero-order chi connectivity index (χ0) is 13.2. The third kappa shape index (κ3) is 4.41. The Bertz CT molecular complexity index is 420. The van der Waals surface area contributed by atoms with Crippen molar-refractivity contribution >= 4 is 33.0 Å². The summed E-state index contributed by atoms with van der Waals surface area (Å²) in [5.74, 6) is 0. The summed E-state index contributed by atoms with van der Waals surface area (Å²) in [7, 11) is 0. The van der Waals surface area contributed by atoms with Crippen LogP contribution >= 0.6 is 15.9 Å². The normalized spacial score (nSPS) is 14.9. The molecule has 1 aromatic heterocycles. The van der Waals surface area contributed by atoms with Gasteiger partial charge in [0.15, 0.2) is 0 Å². The Morgan fingerprint density at radius 1 is 1.41 bits per heavy atom. The Kier molecular flexibility index (Phi) is 4.75. The van der Waals surface area contributed by atoms with Crippen molar-refractivity contribution in [1.82, 2.24) is 4.98 Å². The lowest BCUT2D eigenvalue weighted by Crippen LogP contribution is -2.26. The SMILES string of the molecule is CC(=N[S+]([O-])C(C)(C)C)c1cc(C)cc(Br)n1. The van der Waals surface area contributed by atoms with Crippen LogP contribution in [0.1, 0.15) is 39.0 Å². The summed E-state index contributed by atoms with van der Waals surface area (Å²) in [5, 5.41) is 0. The molecule has 1 aromatic rings. The van der Waals surface area contributed by atoms with Crippen LogP contribution in [0.3, 0.4) is 0 Å². The maximum Gasteiger partial charge on any atom is 0.144 e. The molecule has 1 unspecified atom stereocenters. The number of hydrogen-bond donors (Lipinski definition) is 0. The number of aryl methyl sites for hydroxylation is 1. The second-order valence-corrected chi connectivity index (χ2v) is 7.61. The maximum absolute atomic E-state index is 11.9. The van der Waals surface area contributed by atoms with Gasteiger partial charge in [0.1, 0.15) is 26.4 Å². The first-order valence-electron chi connectivity index (χ1n) is 5.32. The van der Waals surface area contributed by atoms with Crippen LogP contribution in [0.4, 0.5) is 0 Å². The van der Waals surface area contributed by atoms with Crippen LogP contribution < -0.4 is 0 Å². The van der Waals surface area contributed by atoms with Gasteiger partial charge in [-0.1, -0.05) is 4.40 Å². The third-order valence-corrected chi connectivity index (χ3v) is 3.95. The molecular weight excluding hydrogens is 300 g/mol. The van der Waals surface area contributed by atoms with Gasteiger partial charge in [-0.25, -0.2) is 4.98 Å². The van der Waals surface area contributed by atoms with Crippen molar-refractivity contribution in [2.75, 3.05) is 0 Å². The highest BCUT2D eigenvalue weighted by molar-refractivity contribution is 9.10. The summed E-state index contributed by atoms with van der Waals surface area (Å²) >= 11 is 2.10. The molecule has 0 bridgehead atoms. The lowest BCUT2D eigenvalue weighted by atomic mass is 10.2. The number of halogens is 1. The molecular formula is C12H17BrN2OS. The van der Waals surface area contributed by atoms with Gasteiger partial charge in [-0.15, -0.1) is 0 Å². The zero-order valence-electron chi connectivity index (χ0n) is 10.7. The predicted molar refractivity (Wildman–Crippen MR) is 76.8 cm³/mol. The van der Waals surface area contributed by atoms with E-state index in [2.05, 4.69) is 25.3 Å². The predicted octanol–water partition coefficient (Wildman–Crippen LogP) is 3.42. The molecule has 5 heteroatoms. The summed E-state index contributed by atoms with van der Waals surface area (Å²) in [6.45, 7) is 9.53. The lowest BCUT2D eigenvalue weighted by Gasteiger charge is -2.18. The fourth-order valence-corrected chi connectivity index (χ4v) is 2.29. The minimum absolute atomic E-state index is 0.345. The maximum atomic E-state index is 11.9. The lowest BCUT2D eigenvalue weighted by molar-refractivity contribution is 0.561. The molecule has 94 valence electrons. The molecule has 0 aliphatic rings. The van der Waals surface area contributed by atoms with Crippen LogP contribution in [-0.2, 0) is 11.4 Å². The number of hydrogen-bond acceptors (Lipinski definition) is 3. The first-order valence-corrected chi connectivity index (χ1v) is 7.22. The van der Waals surface area contributed by atoms with Gasteiger partial charge in [0.2, 0.25) is 0 Å². The van der Waals surface area contributed by atoms with Crippen molar-refractivity contribution in [3.63, 3.8) is 0 Å². The number of nitrogens with zero attached hydrogens (tertiary/aromatic N) is 2. The summed E-state index contributed by atoms with van der Waals surface area (Å²) < 4.78 is 16.5. The highest BCUT2D eigenvalue weighted by Crippen LogP contribution is 2.19. The topological polar surface area (TPSA) is 48.3 Å². The van der Waals surface area contributed by atoms with E-state index in [1.165, 1.54) is 0 Å². The van der Waals surface area contributed by atoms with Gasteiger partial charge >= 0.3 is 0 Å². The van der Waals surface area contributed by atoms with Crippen molar-refractivity contribution in [2.45, 2.75) is 39.4 Å². The molecule has 0 radical (unpaired) electrons. The van der Waals surface area contributed by atoms with Gasteiger partial charge in [-0.2, -0.15) is 0 Å². The van der Waals surface area contributed by atoms with E-state index in [9.17, 15) is 4.55 Å². The van der Waals surface area contributed by atoms with Crippen molar-refractivity contribution in [2.24, 2.45) is 4.40 Å². The monoisotopic (exact) mass is 316 g/mol. The third-order valence-electron chi connectivity index (χ3n) is 2.05. The summed E-state index contributed by atoms with van der Waals surface area (Å²) in [5.41, 5.74) is 2.55. The van der Waals surface area contributed by atoms with Crippen LogP contribution in [0.25, 0.3) is 0 Å². The van der Waals surface area contributed by atoms with E-state index < -0.39 is 11.4 Å². The van der Waals surface area contributed by atoms with Crippen LogP contribution in [0.2, 0.25) is 0 Å². The summed E-state index contributed by atoms with van der Waals surface area (Å²) in [6.07, 6.45) is 0. The highest BCUT2D eigenvalue weighted by atomic mass is 79.9. The molecule has 0 saturated heterocycles. The van der Waals surface area contributed by atoms with E-state index in [0.29, 0.717) is 5.71 Å². The fraction of sp³-hybridized carbons (Fsp3) is 0.500. The molecule has 0 aliphatic heterocycles. The minimum atomic E-state index is -1.25. The molecule has 1 heterocycles. The molecule has 1 rings (SSSR count). The van der Waals surface area contributed by atoms with Crippen LogP contribution in [0.5, 0.6) is 0 Å².